The van der Waals surface area contributed by atoms with E-state index in [0.29, 0.717) is 24.1 Å². The molecule has 0 saturated heterocycles. The molecule has 0 saturated carbocycles. The molecule has 0 bridgehead atoms. The Hall–Kier alpha value is -2.46. The van der Waals surface area contributed by atoms with Crippen LogP contribution in [-0.2, 0) is 37.8 Å². The topological polar surface area (TPSA) is 47.2 Å². The summed E-state index contributed by atoms with van der Waals surface area (Å²) in [5.74, 6) is 1.14. The van der Waals surface area contributed by atoms with Gasteiger partial charge in [0.05, 0.1) is 5.52 Å². The van der Waals surface area contributed by atoms with Gasteiger partial charge in [0.1, 0.15) is 5.75 Å². The molecule has 4 heteroatoms. The molecule has 39 heavy (non-hydrogen) atoms. The Labute approximate surface area is 256 Å². The van der Waals surface area contributed by atoms with E-state index in [9.17, 15) is 5.11 Å². The van der Waals surface area contributed by atoms with Gasteiger partial charge in [0.25, 0.3) is 0 Å². The molecule has 3 nitrogen and oxygen atoms in total. The first-order chi connectivity index (χ1) is 17.0. The van der Waals surface area contributed by atoms with Crippen LogP contribution in [0.25, 0.3) is 27.3 Å². The molecule has 0 amide bonds. The van der Waals surface area contributed by atoms with E-state index in [1.54, 1.807) is 0 Å². The van der Waals surface area contributed by atoms with Crippen LogP contribution in [0, 0.1) is 21.8 Å². The number of aryl methyl sites for hydroxylation is 1. The maximum absolute atomic E-state index is 11.3. The molecule has 4 rings (SSSR count). The molecule has 0 unspecified atom stereocenters. The minimum absolute atomic E-state index is 0. The summed E-state index contributed by atoms with van der Waals surface area (Å²) in [7, 11) is 0. The summed E-state index contributed by atoms with van der Waals surface area (Å²) < 4.78 is 0. The normalized spacial score (nSPS) is 11.1. The van der Waals surface area contributed by atoms with E-state index in [2.05, 4.69) is 110 Å². The van der Waals surface area contributed by atoms with Gasteiger partial charge in [0.2, 0.25) is 0 Å². The number of nitrogens with zero attached hydrogens (tertiary/aromatic N) is 2. The van der Waals surface area contributed by atoms with E-state index in [0.717, 1.165) is 44.5 Å². The van der Waals surface area contributed by atoms with E-state index in [1.165, 1.54) is 11.1 Å². The van der Waals surface area contributed by atoms with Crippen molar-refractivity contribution in [3.05, 3.63) is 109 Å². The predicted molar refractivity (Wildman–Crippen MR) is 166 cm³/mol. The first-order valence-corrected chi connectivity index (χ1v) is 13.0. The van der Waals surface area contributed by atoms with Gasteiger partial charge in [-0.1, -0.05) is 115 Å². The average Bonchev–Trinajstić information content (AvgIpc) is 2.82. The molecule has 1 aromatic heterocycles. The Morgan fingerprint density at radius 3 is 1.97 bits per heavy atom. The van der Waals surface area contributed by atoms with Gasteiger partial charge in [-0.2, -0.15) is 0 Å². The van der Waals surface area contributed by atoms with Gasteiger partial charge in [0.15, 0.2) is 0 Å². The molecule has 0 fully saturated rings. The Morgan fingerprint density at radius 1 is 0.821 bits per heavy atom. The number of rotatable bonds is 6. The van der Waals surface area contributed by atoms with Crippen LogP contribution in [0.3, 0.4) is 0 Å². The molecule has 0 aliphatic carbocycles. The Balaban J connectivity index is 0.00000253. The third-order valence-corrected chi connectivity index (χ3v) is 6.87. The van der Waals surface area contributed by atoms with Crippen molar-refractivity contribution >= 4 is 16.6 Å². The number of aromatic hydroxyl groups is 1. The molecule has 0 radical (unpaired) electrons. The van der Waals surface area contributed by atoms with E-state index < -0.39 is 0 Å². The number of phenolic OH excluding ortho intramolecular Hbond substituents is 1. The third kappa shape index (κ3) is 7.39. The number of phenols is 1. The fourth-order valence-electron chi connectivity index (χ4n) is 4.90. The van der Waals surface area contributed by atoms with Crippen molar-refractivity contribution < 1.29 is 30.9 Å². The Kier molecular flexibility index (Phi) is 12.2. The quantitative estimate of drug-likeness (QED) is 0.162. The number of aromatic nitrogens is 1. The smallest absolute Gasteiger partial charge is 0.127 e. The summed E-state index contributed by atoms with van der Waals surface area (Å²) in [6.45, 7) is 17.9. The zero-order valence-corrected chi connectivity index (χ0v) is 29.1. The number of para-hydroxylation sites is 2. The van der Waals surface area contributed by atoms with Gasteiger partial charge in [-0.3, -0.25) is 4.98 Å². The van der Waals surface area contributed by atoms with Crippen LogP contribution in [0.2, 0.25) is 0 Å². The largest absolute Gasteiger partial charge is 0.679 e. The summed E-state index contributed by atoms with van der Waals surface area (Å²) >= 11 is 0. The zero-order chi connectivity index (χ0) is 26.2. The molecule has 0 aliphatic rings. The SMILES string of the molecule is Cc1cc(-c2cccc3ccc(C[N-]c4c(C(C)C)cccc4C(C)C)nc23)c(O)c(C(C)(C)C)c1.[CH3-].[CH3-].[Hf]. The molecule has 0 aliphatic heterocycles. The summed E-state index contributed by atoms with van der Waals surface area (Å²) in [6, 6.07) is 21.0. The fraction of sp³-hybridized carbons (Fsp3) is 0.343. The monoisotopic (exact) mass is 689 g/mol. The van der Waals surface area contributed by atoms with Crippen molar-refractivity contribution in [1.29, 1.82) is 0 Å². The Morgan fingerprint density at radius 2 is 1.41 bits per heavy atom. The van der Waals surface area contributed by atoms with E-state index in [-0.39, 0.29) is 46.1 Å². The Bertz CT molecular complexity index is 1370. The van der Waals surface area contributed by atoms with Crippen LogP contribution in [0.5, 0.6) is 5.75 Å². The molecular formula is C35H45HfN2O-3. The number of benzene rings is 3. The molecule has 208 valence electrons. The van der Waals surface area contributed by atoms with Gasteiger partial charge >= 0.3 is 0 Å². The van der Waals surface area contributed by atoms with Crippen molar-refractivity contribution in [3.8, 4) is 16.9 Å². The van der Waals surface area contributed by atoms with E-state index in [4.69, 9.17) is 10.3 Å². The molecule has 0 atom stereocenters. The first-order valence-electron chi connectivity index (χ1n) is 13.0. The molecular weight excluding hydrogens is 643 g/mol. The molecule has 1 N–H and O–H groups in total. The number of hydrogen-bond acceptors (Lipinski definition) is 2. The fourth-order valence-corrected chi connectivity index (χ4v) is 4.90. The number of hydrogen-bond donors (Lipinski definition) is 1. The molecule has 3 aromatic carbocycles. The maximum Gasteiger partial charge on any atom is 0.127 e. The van der Waals surface area contributed by atoms with Gasteiger partial charge in [-0.25, -0.2) is 0 Å². The number of pyridine rings is 1. The van der Waals surface area contributed by atoms with Crippen LogP contribution in [0.1, 0.15) is 88.2 Å². The van der Waals surface area contributed by atoms with Crippen LogP contribution in [0.4, 0.5) is 5.69 Å². The van der Waals surface area contributed by atoms with Gasteiger partial charge in [0, 0.05) is 53.6 Å². The summed E-state index contributed by atoms with van der Waals surface area (Å²) in [4.78, 5) is 5.07. The van der Waals surface area contributed by atoms with Gasteiger partial charge in [-0.15, -0.1) is 5.69 Å². The van der Waals surface area contributed by atoms with Crippen molar-refractivity contribution in [3.63, 3.8) is 0 Å². The summed E-state index contributed by atoms with van der Waals surface area (Å²) in [6.07, 6.45) is 0. The molecule has 1 heterocycles. The van der Waals surface area contributed by atoms with Crippen LogP contribution >= 0.6 is 0 Å². The van der Waals surface area contributed by atoms with Gasteiger partial charge in [-0.05, 0) is 41.9 Å². The zero-order valence-electron chi connectivity index (χ0n) is 25.5. The molecule has 0 spiro atoms. The second-order valence-electron chi connectivity index (χ2n) is 11.5. The second kappa shape index (κ2) is 13.7. The third-order valence-electron chi connectivity index (χ3n) is 6.87. The average molecular weight is 688 g/mol. The standard InChI is InChI=1S/C33H39N2O.2CH3.Hf/c1-20(2)25-12-10-13-26(21(3)4)31(25)34-19-24-16-15-23-11-9-14-27(30(23)35-24)28-17-22(5)18-29(32(28)36)33(6,7)8;;;/h9-18,20-21,36H,19H2,1-8H3;2*1H3;/q3*-1;. The van der Waals surface area contributed by atoms with Crippen molar-refractivity contribution in [2.75, 3.05) is 0 Å². The van der Waals surface area contributed by atoms with Crippen LogP contribution in [-0.4, -0.2) is 10.1 Å². The predicted octanol–water partition coefficient (Wildman–Crippen LogP) is 10.6. The van der Waals surface area contributed by atoms with Crippen LogP contribution < -0.4 is 0 Å². The summed E-state index contributed by atoms with van der Waals surface area (Å²) in [5, 5.41) is 17.5. The molecule has 4 aromatic rings. The number of fused-ring (bicyclic) bond motifs is 1. The summed E-state index contributed by atoms with van der Waals surface area (Å²) in [5.41, 5.74) is 9.18. The first kappa shape index (κ1) is 34.6. The van der Waals surface area contributed by atoms with Crippen molar-refractivity contribution in [1.82, 2.24) is 4.98 Å². The van der Waals surface area contributed by atoms with E-state index >= 15 is 0 Å². The van der Waals surface area contributed by atoms with E-state index in [1.807, 2.05) is 6.07 Å². The van der Waals surface area contributed by atoms with Gasteiger partial charge < -0.3 is 25.3 Å². The van der Waals surface area contributed by atoms with Crippen molar-refractivity contribution in [2.24, 2.45) is 0 Å². The van der Waals surface area contributed by atoms with Crippen molar-refractivity contribution in [2.45, 2.75) is 79.2 Å². The minimum atomic E-state index is -0.162. The van der Waals surface area contributed by atoms with Crippen LogP contribution in [0.15, 0.2) is 60.7 Å². The second-order valence-corrected chi connectivity index (χ2v) is 11.5. The maximum atomic E-state index is 11.3. The minimum Gasteiger partial charge on any atom is -0.679 e.